The molecule has 0 N–H and O–H groups in total. The molecule has 1 rings (SSSR count). The fourth-order valence-electron chi connectivity index (χ4n) is 3.89. The first-order valence-corrected chi connectivity index (χ1v) is 16.9. The van der Waals surface area contributed by atoms with Gasteiger partial charge in [-0.05, 0) is 31.1 Å². The van der Waals surface area contributed by atoms with Gasteiger partial charge in [0.15, 0.2) is 5.78 Å². The van der Waals surface area contributed by atoms with E-state index in [4.69, 9.17) is 47.4 Å². The summed E-state index contributed by atoms with van der Waals surface area (Å²) in [6, 6.07) is 6.71. The summed E-state index contributed by atoms with van der Waals surface area (Å²) >= 11 is 0. The van der Waals surface area contributed by atoms with Gasteiger partial charge in [-0.3, -0.25) is 9.59 Å². The Morgan fingerprint density at radius 3 is 1.15 bits per heavy atom. The lowest BCUT2D eigenvalue weighted by atomic mass is 10.0. The summed E-state index contributed by atoms with van der Waals surface area (Å²) in [7, 11) is 1.64. The Kier molecular flexibility index (Phi) is 29.1. The molecule has 1 aromatic carbocycles. The summed E-state index contributed by atoms with van der Waals surface area (Å²) in [4.78, 5) is 26.8. The molecule has 0 radical (unpaired) electrons. The lowest BCUT2D eigenvalue weighted by Gasteiger charge is -2.21. The van der Waals surface area contributed by atoms with Crippen molar-refractivity contribution < 1.29 is 57.0 Å². The minimum absolute atomic E-state index is 0.0929. The predicted molar refractivity (Wildman–Crippen MR) is 181 cm³/mol. The maximum Gasteiger partial charge on any atom is 0.253 e. The van der Waals surface area contributed by atoms with Crippen molar-refractivity contribution >= 4 is 11.7 Å². The summed E-state index contributed by atoms with van der Waals surface area (Å²) < 4.78 is 54.1. The average Bonchev–Trinajstić information content (AvgIpc) is 3.11. The molecule has 0 fully saturated rings. The molecular weight excluding hydrogens is 626 g/mol. The first-order chi connectivity index (χ1) is 23.5. The molecule has 1 amide bonds. The number of Topliss-reactive ketones (excluding diaryl/α,β-unsaturated/α-hetero) is 1. The van der Waals surface area contributed by atoms with Crippen molar-refractivity contribution in [1.29, 1.82) is 0 Å². The van der Waals surface area contributed by atoms with Crippen molar-refractivity contribution in [1.82, 2.24) is 4.90 Å². The SMILES string of the molecule is C=C(CC)C(=O)c1ccc(C(=O)N(CC)CCOCCOCCOCCOCCOCCOCCOCCOCCOCCOC)cc1. The number of rotatable bonds is 35. The quantitative estimate of drug-likeness (QED) is 0.0592. The standard InChI is InChI=1S/C35H59NO12/c1-5-31(3)34(37)32-7-9-33(10-8-32)35(38)36(6-2)11-12-40-15-16-42-19-20-44-23-24-46-27-28-48-30-29-47-26-25-45-22-21-43-18-17-41-14-13-39-4/h7-10H,3,5-6,11-30H2,1-2,4H3. The Bertz CT molecular complexity index is 931. The van der Waals surface area contributed by atoms with Gasteiger partial charge in [-0.25, -0.2) is 0 Å². The Balaban J connectivity index is 1.84. The highest BCUT2D eigenvalue weighted by Gasteiger charge is 2.15. The minimum Gasteiger partial charge on any atom is -0.382 e. The lowest BCUT2D eigenvalue weighted by molar-refractivity contribution is -0.0260. The number of allylic oxidation sites excluding steroid dienone is 1. The van der Waals surface area contributed by atoms with Crippen LogP contribution in [-0.4, -0.2) is 162 Å². The molecular formula is C35H59NO12. The van der Waals surface area contributed by atoms with E-state index in [2.05, 4.69) is 6.58 Å². The molecule has 1 aromatic rings. The summed E-state index contributed by atoms with van der Waals surface area (Å²) in [6.07, 6.45) is 0.595. The van der Waals surface area contributed by atoms with E-state index >= 15 is 0 Å². The normalized spacial score (nSPS) is 11.2. The lowest BCUT2D eigenvalue weighted by Crippen LogP contribution is -2.34. The van der Waals surface area contributed by atoms with Crippen LogP contribution in [0.3, 0.4) is 0 Å². The van der Waals surface area contributed by atoms with E-state index in [1.807, 2.05) is 13.8 Å². The van der Waals surface area contributed by atoms with Crippen molar-refractivity contribution in [3.8, 4) is 0 Å². The summed E-state index contributed by atoms with van der Waals surface area (Å²) in [5.74, 6) is -0.193. The third-order valence-electron chi connectivity index (χ3n) is 6.72. The van der Waals surface area contributed by atoms with Crippen LogP contribution in [0.5, 0.6) is 0 Å². The first kappa shape index (κ1) is 43.7. The largest absolute Gasteiger partial charge is 0.382 e. The smallest absolute Gasteiger partial charge is 0.253 e. The van der Waals surface area contributed by atoms with Crippen molar-refractivity contribution in [2.45, 2.75) is 20.3 Å². The maximum atomic E-state index is 12.8. The Morgan fingerprint density at radius 1 is 0.521 bits per heavy atom. The van der Waals surface area contributed by atoms with Crippen LogP contribution < -0.4 is 0 Å². The van der Waals surface area contributed by atoms with Gasteiger partial charge in [0.1, 0.15) is 0 Å². The Hall–Kier alpha value is -2.30. The van der Waals surface area contributed by atoms with Crippen molar-refractivity contribution in [2.75, 3.05) is 146 Å². The number of carbonyl (C=O) groups excluding carboxylic acids is 2. The van der Waals surface area contributed by atoms with Gasteiger partial charge < -0.3 is 52.3 Å². The number of methoxy groups -OCH3 is 1. The monoisotopic (exact) mass is 685 g/mol. The number of hydrogen-bond donors (Lipinski definition) is 0. The number of amides is 1. The molecule has 0 spiro atoms. The molecule has 0 saturated carbocycles. The second-order valence-electron chi connectivity index (χ2n) is 10.3. The topological polar surface area (TPSA) is 130 Å². The molecule has 0 aromatic heterocycles. The zero-order valence-corrected chi connectivity index (χ0v) is 29.4. The molecule has 48 heavy (non-hydrogen) atoms. The molecule has 0 bridgehead atoms. The molecule has 0 heterocycles. The van der Waals surface area contributed by atoms with Crippen LogP contribution in [0.1, 0.15) is 41.0 Å². The molecule has 13 heteroatoms. The maximum absolute atomic E-state index is 12.8. The van der Waals surface area contributed by atoms with E-state index in [1.165, 1.54) is 0 Å². The molecule has 0 aliphatic heterocycles. The molecule has 276 valence electrons. The third kappa shape index (κ3) is 23.1. The highest BCUT2D eigenvalue weighted by Crippen LogP contribution is 2.13. The number of ether oxygens (including phenoxy) is 10. The second-order valence-corrected chi connectivity index (χ2v) is 10.3. The molecule has 13 nitrogen and oxygen atoms in total. The number of carbonyl (C=O) groups is 2. The van der Waals surface area contributed by atoms with Crippen LogP contribution in [-0.2, 0) is 47.4 Å². The predicted octanol–water partition coefficient (Wildman–Crippen LogP) is 3.09. The van der Waals surface area contributed by atoms with Gasteiger partial charge in [-0.15, -0.1) is 0 Å². The van der Waals surface area contributed by atoms with Crippen LogP contribution in [0.15, 0.2) is 36.4 Å². The van der Waals surface area contributed by atoms with Gasteiger partial charge >= 0.3 is 0 Å². The van der Waals surface area contributed by atoms with Crippen molar-refractivity contribution in [2.24, 2.45) is 0 Å². The Labute approximate surface area is 287 Å². The van der Waals surface area contributed by atoms with Gasteiger partial charge in [0.05, 0.1) is 126 Å². The van der Waals surface area contributed by atoms with Gasteiger partial charge in [0.2, 0.25) is 0 Å². The molecule has 0 unspecified atom stereocenters. The van der Waals surface area contributed by atoms with Gasteiger partial charge in [0, 0.05) is 31.3 Å². The highest BCUT2D eigenvalue weighted by molar-refractivity contribution is 6.08. The fourth-order valence-corrected chi connectivity index (χ4v) is 3.89. The van der Waals surface area contributed by atoms with Crippen LogP contribution in [0.2, 0.25) is 0 Å². The number of ketones is 1. The van der Waals surface area contributed by atoms with Crippen molar-refractivity contribution in [3.05, 3.63) is 47.5 Å². The van der Waals surface area contributed by atoms with Crippen LogP contribution in [0, 0.1) is 0 Å². The number of hydrogen-bond acceptors (Lipinski definition) is 12. The van der Waals surface area contributed by atoms with E-state index in [0.717, 1.165) is 0 Å². The van der Waals surface area contributed by atoms with Crippen LogP contribution >= 0.6 is 0 Å². The summed E-state index contributed by atoms with van der Waals surface area (Å²) in [5, 5.41) is 0. The van der Waals surface area contributed by atoms with E-state index in [9.17, 15) is 9.59 Å². The van der Waals surface area contributed by atoms with Gasteiger partial charge in [-0.1, -0.05) is 25.6 Å². The minimum atomic E-state index is -0.0998. The van der Waals surface area contributed by atoms with E-state index in [0.29, 0.717) is 162 Å². The zero-order valence-electron chi connectivity index (χ0n) is 29.4. The van der Waals surface area contributed by atoms with Gasteiger partial charge in [0.25, 0.3) is 5.91 Å². The first-order valence-electron chi connectivity index (χ1n) is 16.9. The number of benzene rings is 1. The number of nitrogens with zero attached hydrogens (tertiary/aromatic N) is 1. The summed E-state index contributed by atoms with van der Waals surface area (Å²) in [6.45, 7) is 18.1. The Morgan fingerprint density at radius 2 is 0.833 bits per heavy atom. The average molecular weight is 686 g/mol. The van der Waals surface area contributed by atoms with Crippen LogP contribution in [0.4, 0.5) is 0 Å². The van der Waals surface area contributed by atoms with Gasteiger partial charge in [-0.2, -0.15) is 0 Å². The summed E-state index contributed by atoms with van der Waals surface area (Å²) in [5.41, 5.74) is 1.62. The molecule has 0 aliphatic rings. The van der Waals surface area contributed by atoms with Crippen LogP contribution in [0.25, 0.3) is 0 Å². The van der Waals surface area contributed by atoms with E-state index in [1.54, 1.807) is 36.3 Å². The fraction of sp³-hybridized carbons (Fsp3) is 0.714. The highest BCUT2D eigenvalue weighted by atomic mass is 16.6. The molecule has 0 atom stereocenters. The van der Waals surface area contributed by atoms with Crippen molar-refractivity contribution in [3.63, 3.8) is 0 Å². The van der Waals surface area contributed by atoms with E-state index < -0.39 is 0 Å². The molecule has 0 aliphatic carbocycles. The zero-order chi connectivity index (χ0) is 34.9. The van der Waals surface area contributed by atoms with E-state index in [-0.39, 0.29) is 11.7 Å². The third-order valence-corrected chi connectivity index (χ3v) is 6.72. The molecule has 0 saturated heterocycles. The second kappa shape index (κ2) is 31.9. The number of likely N-dealkylation sites (N-methyl/N-ethyl adjacent to an activating group) is 1.